The fourth-order valence-electron chi connectivity index (χ4n) is 3.03. The third-order valence-corrected chi connectivity index (χ3v) is 6.72. The third-order valence-electron chi connectivity index (χ3n) is 4.57. The lowest BCUT2D eigenvalue weighted by Crippen LogP contribution is -2.59. The first-order valence-corrected chi connectivity index (χ1v) is 9.29. The maximum absolute atomic E-state index is 12.3. The highest BCUT2D eigenvalue weighted by Crippen LogP contribution is 2.33. The van der Waals surface area contributed by atoms with Crippen LogP contribution in [0.25, 0.3) is 0 Å². The van der Waals surface area contributed by atoms with Gasteiger partial charge in [0, 0.05) is 0 Å². The summed E-state index contributed by atoms with van der Waals surface area (Å²) in [6.07, 6.45) is 3.84. The van der Waals surface area contributed by atoms with Gasteiger partial charge in [0.2, 0.25) is 5.91 Å². The number of carbonyl (C=O) groups excluding carboxylic acids is 1. The van der Waals surface area contributed by atoms with Crippen LogP contribution in [0.2, 0.25) is 0 Å². The molecule has 3 N–H and O–H groups in total. The van der Waals surface area contributed by atoms with Gasteiger partial charge in [0.15, 0.2) is 9.84 Å². The molecule has 1 saturated heterocycles. The summed E-state index contributed by atoms with van der Waals surface area (Å²) in [5, 5.41) is 2.96. The summed E-state index contributed by atoms with van der Waals surface area (Å²) in [5.74, 6) is -0.00886. The summed E-state index contributed by atoms with van der Waals surface area (Å²) in [6.45, 7) is 2.18. The zero-order chi connectivity index (χ0) is 15.0. The normalized spacial score (nSPS) is 36.5. The van der Waals surface area contributed by atoms with E-state index in [1.807, 2.05) is 0 Å². The molecule has 114 valence electrons. The number of thiocarbonyl (C=S) groups is 1. The molecule has 0 aromatic carbocycles. The van der Waals surface area contributed by atoms with Crippen LogP contribution in [0.1, 0.15) is 39.0 Å². The van der Waals surface area contributed by atoms with Crippen molar-refractivity contribution in [3.63, 3.8) is 0 Å². The number of sulfone groups is 1. The Kier molecular flexibility index (Phi) is 4.39. The fraction of sp³-hybridized carbons (Fsp3) is 0.846. The maximum atomic E-state index is 12.3. The summed E-state index contributed by atoms with van der Waals surface area (Å²) in [6, 6.07) is 0. The lowest BCUT2D eigenvalue weighted by atomic mass is 9.76. The van der Waals surface area contributed by atoms with Crippen molar-refractivity contribution in [2.24, 2.45) is 17.6 Å². The van der Waals surface area contributed by atoms with E-state index in [0.717, 1.165) is 25.7 Å². The predicted molar refractivity (Wildman–Crippen MR) is 82.1 cm³/mol. The Balaban J connectivity index is 2.06. The van der Waals surface area contributed by atoms with Crippen molar-refractivity contribution in [2.75, 3.05) is 11.5 Å². The van der Waals surface area contributed by atoms with E-state index in [1.165, 1.54) is 0 Å². The molecule has 2 fully saturated rings. The van der Waals surface area contributed by atoms with Crippen molar-refractivity contribution in [2.45, 2.75) is 44.6 Å². The molecule has 0 radical (unpaired) electrons. The predicted octanol–water partition coefficient (Wildman–Crippen LogP) is 0.772. The number of hydrogen-bond donors (Lipinski definition) is 2. The molecule has 1 atom stereocenters. The van der Waals surface area contributed by atoms with Crippen LogP contribution in [0.3, 0.4) is 0 Å². The summed E-state index contributed by atoms with van der Waals surface area (Å²) < 4.78 is 22.9. The number of carbonyl (C=O) groups is 1. The van der Waals surface area contributed by atoms with Gasteiger partial charge in [-0.1, -0.05) is 19.1 Å². The summed E-state index contributed by atoms with van der Waals surface area (Å²) in [7, 11) is -3.06. The second kappa shape index (κ2) is 5.60. The quantitative estimate of drug-likeness (QED) is 0.750. The molecule has 2 rings (SSSR count). The van der Waals surface area contributed by atoms with Crippen LogP contribution in [0.5, 0.6) is 0 Å². The minimum atomic E-state index is -3.06. The Labute approximate surface area is 125 Å². The highest BCUT2D eigenvalue weighted by atomic mass is 32.2. The first kappa shape index (κ1) is 15.7. The average Bonchev–Trinajstić information content (AvgIpc) is 2.73. The van der Waals surface area contributed by atoms with Gasteiger partial charge in [0.25, 0.3) is 0 Å². The van der Waals surface area contributed by atoms with Crippen molar-refractivity contribution in [1.29, 1.82) is 0 Å². The molecule has 1 aliphatic carbocycles. The Morgan fingerprint density at radius 2 is 1.90 bits per heavy atom. The molecule has 0 aromatic rings. The molecule has 20 heavy (non-hydrogen) atoms. The number of nitrogens with two attached hydrogens (primary N) is 1. The minimum Gasteiger partial charge on any atom is -0.391 e. The van der Waals surface area contributed by atoms with E-state index in [9.17, 15) is 13.2 Å². The van der Waals surface area contributed by atoms with Gasteiger partial charge in [0.1, 0.15) is 0 Å². The van der Waals surface area contributed by atoms with Gasteiger partial charge in [0.05, 0.1) is 28.0 Å². The molecule has 0 spiro atoms. The lowest BCUT2D eigenvalue weighted by Gasteiger charge is -2.39. The SMILES string of the molecule is CC1CCC(NC(=O)C2CCS(=O)(=O)C2)(C(N)=S)CC1. The number of hydrogen-bond acceptors (Lipinski definition) is 4. The molecule has 0 bridgehead atoms. The van der Waals surface area contributed by atoms with Gasteiger partial charge in [-0.2, -0.15) is 0 Å². The van der Waals surface area contributed by atoms with Crippen molar-refractivity contribution >= 4 is 33.0 Å². The second-order valence-electron chi connectivity index (χ2n) is 6.22. The highest BCUT2D eigenvalue weighted by molar-refractivity contribution is 7.91. The molecule has 2 aliphatic rings. The Bertz CT molecular complexity index is 508. The summed E-state index contributed by atoms with van der Waals surface area (Å²) >= 11 is 5.15. The van der Waals surface area contributed by atoms with Gasteiger partial charge in [-0.15, -0.1) is 0 Å². The van der Waals surface area contributed by atoms with E-state index >= 15 is 0 Å². The first-order chi connectivity index (χ1) is 9.24. The van der Waals surface area contributed by atoms with E-state index in [4.69, 9.17) is 18.0 Å². The minimum absolute atomic E-state index is 0.0529. The monoisotopic (exact) mass is 318 g/mol. The summed E-state index contributed by atoms with van der Waals surface area (Å²) in [5.41, 5.74) is 5.23. The van der Waals surface area contributed by atoms with Crippen LogP contribution in [0.4, 0.5) is 0 Å². The van der Waals surface area contributed by atoms with Crippen LogP contribution in [0.15, 0.2) is 0 Å². The van der Waals surface area contributed by atoms with E-state index in [-0.39, 0.29) is 17.4 Å². The van der Waals surface area contributed by atoms with Crippen molar-refractivity contribution in [3.8, 4) is 0 Å². The summed E-state index contributed by atoms with van der Waals surface area (Å²) in [4.78, 5) is 12.6. The molecule has 1 amide bonds. The number of nitrogens with one attached hydrogen (secondary N) is 1. The molecule has 0 aromatic heterocycles. The Hall–Kier alpha value is -0.690. The van der Waals surface area contributed by atoms with Crippen LogP contribution in [0, 0.1) is 11.8 Å². The van der Waals surface area contributed by atoms with E-state index in [2.05, 4.69) is 12.2 Å². The molecule has 1 unspecified atom stereocenters. The molecule has 7 heteroatoms. The Morgan fingerprint density at radius 1 is 1.30 bits per heavy atom. The molecule has 1 aliphatic heterocycles. The van der Waals surface area contributed by atoms with Gasteiger partial charge in [-0.25, -0.2) is 8.42 Å². The van der Waals surface area contributed by atoms with E-state index < -0.39 is 21.3 Å². The first-order valence-electron chi connectivity index (χ1n) is 7.06. The molecular formula is C13H22N2O3S2. The largest absolute Gasteiger partial charge is 0.391 e. The van der Waals surface area contributed by atoms with Crippen LogP contribution in [-0.2, 0) is 14.6 Å². The van der Waals surface area contributed by atoms with Crippen molar-refractivity contribution < 1.29 is 13.2 Å². The van der Waals surface area contributed by atoms with E-state index in [0.29, 0.717) is 17.3 Å². The zero-order valence-electron chi connectivity index (χ0n) is 11.7. The van der Waals surface area contributed by atoms with Gasteiger partial charge < -0.3 is 11.1 Å². The van der Waals surface area contributed by atoms with Crippen molar-refractivity contribution in [1.82, 2.24) is 5.32 Å². The highest BCUT2D eigenvalue weighted by Gasteiger charge is 2.41. The average molecular weight is 318 g/mol. The number of rotatable bonds is 3. The molecule has 1 saturated carbocycles. The second-order valence-corrected chi connectivity index (χ2v) is 8.89. The Morgan fingerprint density at radius 3 is 2.35 bits per heavy atom. The maximum Gasteiger partial charge on any atom is 0.224 e. The topological polar surface area (TPSA) is 89.3 Å². The number of amides is 1. The zero-order valence-corrected chi connectivity index (χ0v) is 13.4. The van der Waals surface area contributed by atoms with Crippen LogP contribution in [-0.4, -0.2) is 36.4 Å². The van der Waals surface area contributed by atoms with E-state index in [1.54, 1.807) is 0 Å². The third kappa shape index (κ3) is 3.31. The van der Waals surface area contributed by atoms with Crippen LogP contribution >= 0.6 is 12.2 Å². The fourth-order valence-corrected chi connectivity index (χ4v) is 5.02. The lowest BCUT2D eigenvalue weighted by molar-refractivity contribution is -0.125. The standard InChI is InChI=1S/C13H22N2O3S2/c1-9-2-5-13(6-3-9,12(14)19)15-11(16)10-4-7-20(17,18)8-10/h9-10H,2-8H2,1H3,(H2,14,19)(H,15,16). The molecule has 5 nitrogen and oxygen atoms in total. The molecule has 1 heterocycles. The molecular weight excluding hydrogens is 296 g/mol. The van der Waals surface area contributed by atoms with Gasteiger partial charge in [-0.3, -0.25) is 4.79 Å². The van der Waals surface area contributed by atoms with Gasteiger partial charge in [-0.05, 0) is 38.0 Å². The van der Waals surface area contributed by atoms with Gasteiger partial charge >= 0.3 is 0 Å². The smallest absolute Gasteiger partial charge is 0.224 e. The van der Waals surface area contributed by atoms with Crippen LogP contribution < -0.4 is 11.1 Å². The van der Waals surface area contributed by atoms with Crippen molar-refractivity contribution in [3.05, 3.63) is 0 Å².